The molecule has 2 aromatic carbocycles. The van der Waals surface area contributed by atoms with Crippen molar-refractivity contribution in [1.29, 1.82) is 0 Å². The van der Waals surface area contributed by atoms with E-state index in [0.717, 1.165) is 26.9 Å². The topological polar surface area (TPSA) is 48.1 Å². The fraction of sp³-hybridized carbons (Fsp3) is 0.167. The number of rotatable bonds is 5. The molecule has 0 unspecified atom stereocenters. The van der Waals surface area contributed by atoms with Crippen molar-refractivity contribution in [3.8, 4) is 0 Å². The van der Waals surface area contributed by atoms with Crippen molar-refractivity contribution >= 4 is 45.3 Å². The van der Waals surface area contributed by atoms with Crippen LogP contribution in [0.3, 0.4) is 0 Å². The summed E-state index contributed by atoms with van der Waals surface area (Å²) >= 11 is 7.30. The number of hydrogen-bond donors (Lipinski definition) is 2. The summed E-state index contributed by atoms with van der Waals surface area (Å²) in [7, 11) is 0. The molecule has 0 aliphatic carbocycles. The molecule has 0 aliphatic heterocycles. The normalized spacial score (nSPS) is 10.9. The van der Waals surface area contributed by atoms with Gasteiger partial charge in [0.1, 0.15) is 5.82 Å². The van der Waals surface area contributed by atoms with E-state index in [1.807, 2.05) is 48.4 Å². The Kier molecular flexibility index (Phi) is 6.15. The van der Waals surface area contributed by atoms with Crippen LogP contribution in [0.5, 0.6) is 0 Å². The average Bonchev–Trinajstić information content (AvgIpc) is 3.26. The third-order valence-corrected chi connectivity index (χ3v) is 6.41. The summed E-state index contributed by atoms with van der Waals surface area (Å²) in [6, 6.07) is 16.1. The molecule has 2 aromatic heterocycles. The van der Waals surface area contributed by atoms with E-state index < -0.39 is 0 Å². The number of thiocarbonyl (C=S) groups is 1. The van der Waals surface area contributed by atoms with Gasteiger partial charge in [-0.1, -0.05) is 18.2 Å². The van der Waals surface area contributed by atoms with Gasteiger partial charge in [0.2, 0.25) is 0 Å². The molecule has 4 nitrogen and oxygen atoms in total. The SMILES string of the molecule is Cc1ccc(C)c2[nH]c(=O)c(CN(Cc3cccs3)C(=S)Nc3ccc(F)cc3)cc12. The molecule has 0 fully saturated rings. The number of nitrogens with zero attached hydrogens (tertiary/aromatic N) is 1. The molecule has 0 bridgehead atoms. The first-order valence-electron chi connectivity index (χ1n) is 9.86. The number of pyridine rings is 1. The Hall–Kier alpha value is -3.03. The van der Waals surface area contributed by atoms with Crippen molar-refractivity contribution in [2.24, 2.45) is 0 Å². The summed E-state index contributed by atoms with van der Waals surface area (Å²) in [6.45, 7) is 4.94. The standard InChI is InChI=1S/C24H22FN3OS2/c1-15-5-6-16(2)22-21(15)12-17(23(29)27-22)13-28(14-20-4-3-11-31-20)24(30)26-19-9-7-18(25)8-10-19/h3-12H,13-14H2,1-2H3,(H,26,30)(H,27,29). The van der Waals surface area contributed by atoms with E-state index in [1.165, 1.54) is 12.1 Å². The van der Waals surface area contributed by atoms with Gasteiger partial charge in [-0.2, -0.15) is 0 Å². The number of hydrogen-bond acceptors (Lipinski definition) is 3. The zero-order chi connectivity index (χ0) is 22.0. The van der Waals surface area contributed by atoms with Crippen molar-refractivity contribution < 1.29 is 4.39 Å². The Morgan fingerprint density at radius 1 is 1.10 bits per heavy atom. The summed E-state index contributed by atoms with van der Waals surface area (Å²) in [4.78, 5) is 19.0. The van der Waals surface area contributed by atoms with Gasteiger partial charge in [0.25, 0.3) is 5.56 Å². The van der Waals surface area contributed by atoms with Crippen LogP contribution >= 0.6 is 23.6 Å². The fourth-order valence-corrected chi connectivity index (χ4v) is 4.43. The Morgan fingerprint density at radius 3 is 2.55 bits per heavy atom. The number of thiophene rings is 1. The van der Waals surface area contributed by atoms with Crippen LogP contribution in [0.1, 0.15) is 21.6 Å². The largest absolute Gasteiger partial charge is 0.339 e. The summed E-state index contributed by atoms with van der Waals surface area (Å²) in [5, 5.41) is 6.68. The predicted octanol–water partition coefficient (Wildman–Crippen LogP) is 5.74. The van der Waals surface area contributed by atoms with E-state index in [-0.39, 0.29) is 11.4 Å². The number of nitrogens with one attached hydrogen (secondary N) is 2. The summed E-state index contributed by atoms with van der Waals surface area (Å²) in [6.07, 6.45) is 0. The van der Waals surface area contributed by atoms with Crippen LogP contribution in [0.25, 0.3) is 10.9 Å². The Balaban J connectivity index is 1.66. The van der Waals surface area contributed by atoms with Gasteiger partial charge in [-0.3, -0.25) is 4.79 Å². The second kappa shape index (κ2) is 8.99. The van der Waals surface area contributed by atoms with Crippen LogP contribution in [0.2, 0.25) is 0 Å². The third-order valence-electron chi connectivity index (χ3n) is 5.19. The minimum atomic E-state index is -0.305. The van der Waals surface area contributed by atoms with Gasteiger partial charge in [-0.25, -0.2) is 4.39 Å². The molecule has 0 atom stereocenters. The molecule has 0 radical (unpaired) electrons. The van der Waals surface area contributed by atoms with Gasteiger partial charge in [-0.05, 0) is 79.0 Å². The van der Waals surface area contributed by atoms with Crippen LogP contribution < -0.4 is 10.9 Å². The molecule has 0 amide bonds. The molecule has 2 N–H and O–H groups in total. The maximum atomic E-state index is 13.2. The Labute approximate surface area is 189 Å². The Morgan fingerprint density at radius 2 is 1.84 bits per heavy atom. The zero-order valence-electron chi connectivity index (χ0n) is 17.2. The van der Waals surface area contributed by atoms with Gasteiger partial charge in [-0.15, -0.1) is 11.3 Å². The number of benzene rings is 2. The fourth-order valence-electron chi connectivity index (χ4n) is 3.47. The number of fused-ring (bicyclic) bond motifs is 1. The van der Waals surface area contributed by atoms with Gasteiger partial charge in [0, 0.05) is 21.5 Å². The molecule has 4 rings (SSSR count). The highest BCUT2D eigenvalue weighted by molar-refractivity contribution is 7.80. The monoisotopic (exact) mass is 451 g/mol. The molecule has 31 heavy (non-hydrogen) atoms. The molecular weight excluding hydrogens is 429 g/mol. The first-order valence-corrected chi connectivity index (χ1v) is 11.2. The van der Waals surface area contributed by atoms with E-state index in [9.17, 15) is 9.18 Å². The van der Waals surface area contributed by atoms with Crippen LogP contribution in [0.15, 0.2) is 64.8 Å². The van der Waals surface area contributed by atoms with E-state index in [0.29, 0.717) is 29.5 Å². The van der Waals surface area contributed by atoms with Crippen molar-refractivity contribution in [2.45, 2.75) is 26.9 Å². The molecule has 4 aromatic rings. The third kappa shape index (κ3) is 4.84. The lowest BCUT2D eigenvalue weighted by Crippen LogP contribution is -2.35. The lowest BCUT2D eigenvalue weighted by atomic mass is 10.0. The van der Waals surface area contributed by atoms with Crippen molar-refractivity contribution in [2.75, 3.05) is 5.32 Å². The molecule has 2 heterocycles. The number of aromatic nitrogens is 1. The van der Waals surface area contributed by atoms with E-state index in [4.69, 9.17) is 12.2 Å². The van der Waals surface area contributed by atoms with Crippen molar-refractivity contribution in [3.63, 3.8) is 0 Å². The van der Waals surface area contributed by atoms with Gasteiger partial charge in [0.15, 0.2) is 5.11 Å². The second-order valence-electron chi connectivity index (χ2n) is 7.48. The van der Waals surface area contributed by atoms with Crippen LogP contribution in [0, 0.1) is 19.7 Å². The minimum Gasteiger partial charge on any atom is -0.339 e. The number of aryl methyl sites for hydroxylation is 2. The van der Waals surface area contributed by atoms with Crippen molar-refractivity contribution in [1.82, 2.24) is 9.88 Å². The second-order valence-corrected chi connectivity index (χ2v) is 8.90. The van der Waals surface area contributed by atoms with Crippen LogP contribution in [-0.4, -0.2) is 15.0 Å². The molecule has 0 saturated heterocycles. The van der Waals surface area contributed by atoms with Gasteiger partial charge < -0.3 is 15.2 Å². The van der Waals surface area contributed by atoms with E-state index >= 15 is 0 Å². The number of anilines is 1. The molecular formula is C24H22FN3OS2. The highest BCUT2D eigenvalue weighted by Gasteiger charge is 2.16. The molecule has 0 spiro atoms. The minimum absolute atomic E-state index is 0.123. The smallest absolute Gasteiger partial charge is 0.253 e. The maximum Gasteiger partial charge on any atom is 0.253 e. The molecule has 158 valence electrons. The Bertz CT molecular complexity index is 1280. The predicted molar refractivity (Wildman–Crippen MR) is 130 cm³/mol. The van der Waals surface area contributed by atoms with Gasteiger partial charge >= 0.3 is 0 Å². The van der Waals surface area contributed by atoms with Gasteiger partial charge in [0.05, 0.1) is 18.6 Å². The zero-order valence-corrected chi connectivity index (χ0v) is 18.9. The summed E-state index contributed by atoms with van der Waals surface area (Å²) in [5.74, 6) is -0.305. The van der Waals surface area contributed by atoms with E-state index in [1.54, 1.807) is 23.5 Å². The number of aromatic amines is 1. The highest BCUT2D eigenvalue weighted by atomic mass is 32.1. The van der Waals surface area contributed by atoms with Crippen molar-refractivity contribution in [3.05, 3.63) is 97.7 Å². The first kappa shape index (κ1) is 21.2. The molecule has 0 aliphatic rings. The first-order chi connectivity index (χ1) is 14.9. The number of H-pyrrole nitrogens is 1. The number of halogens is 1. The summed E-state index contributed by atoms with van der Waals surface area (Å²) < 4.78 is 13.2. The highest BCUT2D eigenvalue weighted by Crippen LogP contribution is 2.21. The van der Waals surface area contributed by atoms with Crippen LogP contribution in [-0.2, 0) is 13.1 Å². The maximum absolute atomic E-state index is 13.2. The lowest BCUT2D eigenvalue weighted by molar-refractivity contribution is 0.415. The molecule has 7 heteroatoms. The lowest BCUT2D eigenvalue weighted by Gasteiger charge is -2.25. The van der Waals surface area contributed by atoms with Crippen LogP contribution in [0.4, 0.5) is 10.1 Å². The molecule has 0 saturated carbocycles. The summed E-state index contributed by atoms with van der Waals surface area (Å²) in [5.41, 5.74) is 4.22. The quantitative estimate of drug-likeness (QED) is 0.380. The van der Waals surface area contributed by atoms with E-state index in [2.05, 4.69) is 16.4 Å². The average molecular weight is 452 g/mol.